The third-order valence-corrected chi connectivity index (χ3v) is 2.86. The standard InChI is InChI=1S/C11H13BrN2O2/c1-3-8-6-9(4-5-10(8)12)14-13-7(2)11(15)16/h4-6,14H,3H2,1-2H3,(H,15,16)/b13-7+. The highest BCUT2D eigenvalue weighted by atomic mass is 79.9. The predicted octanol–water partition coefficient (Wildman–Crippen LogP) is 2.88. The van der Waals surface area contributed by atoms with Gasteiger partial charge in [0.05, 0.1) is 5.69 Å². The summed E-state index contributed by atoms with van der Waals surface area (Å²) in [6.07, 6.45) is 0.901. The molecular weight excluding hydrogens is 272 g/mol. The molecule has 0 aromatic heterocycles. The van der Waals surface area contributed by atoms with Crippen LogP contribution in [0.15, 0.2) is 27.8 Å². The van der Waals surface area contributed by atoms with Gasteiger partial charge in [0.1, 0.15) is 5.71 Å². The lowest BCUT2D eigenvalue weighted by atomic mass is 10.1. The molecule has 0 aliphatic rings. The summed E-state index contributed by atoms with van der Waals surface area (Å²) in [5.74, 6) is -1.03. The van der Waals surface area contributed by atoms with Crippen LogP contribution in [0.1, 0.15) is 19.4 Å². The van der Waals surface area contributed by atoms with E-state index in [4.69, 9.17) is 5.11 Å². The van der Waals surface area contributed by atoms with Gasteiger partial charge in [-0.25, -0.2) is 4.79 Å². The first-order valence-corrected chi connectivity index (χ1v) is 5.66. The molecule has 0 heterocycles. The minimum Gasteiger partial charge on any atom is -0.477 e. The minimum atomic E-state index is -1.03. The maximum absolute atomic E-state index is 10.5. The summed E-state index contributed by atoms with van der Waals surface area (Å²) in [5.41, 5.74) is 4.67. The Morgan fingerprint density at radius 3 is 2.81 bits per heavy atom. The van der Waals surface area contributed by atoms with Crippen molar-refractivity contribution in [3.05, 3.63) is 28.2 Å². The Morgan fingerprint density at radius 1 is 1.56 bits per heavy atom. The van der Waals surface area contributed by atoms with E-state index in [1.54, 1.807) is 0 Å². The highest BCUT2D eigenvalue weighted by Gasteiger charge is 2.02. The van der Waals surface area contributed by atoms with Crippen molar-refractivity contribution in [2.75, 3.05) is 5.43 Å². The van der Waals surface area contributed by atoms with E-state index in [9.17, 15) is 4.79 Å². The second-order valence-corrected chi connectivity index (χ2v) is 4.13. The highest BCUT2D eigenvalue weighted by Crippen LogP contribution is 2.21. The fourth-order valence-corrected chi connectivity index (χ4v) is 1.64. The summed E-state index contributed by atoms with van der Waals surface area (Å²) in [6, 6.07) is 5.68. The van der Waals surface area contributed by atoms with Gasteiger partial charge in [-0.3, -0.25) is 5.43 Å². The lowest BCUT2D eigenvalue weighted by Crippen LogP contribution is -2.10. The van der Waals surface area contributed by atoms with E-state index in [1.807, 2.05) is 18.2 Å². The Hall–Kier alpha value is -1.36. The fourth-order valence-electron chi connectivity index (χ4n) is 1.11. The normalized spacial score (nSPS) is 11.3. The fraction of sp³-hybridized carbons (Fsp3) is 0.273. The number of hydrogen-bond donors (Lipinski definition) is 2. The molecule has 86 valence electrons. The summed E-state index contributed by atoms with van der Waals surface area (Å²) in [6.45, 7) is 3.49. The van der Waals surface area contributed by atoms with E-state index in [-0.39, 0.29) is 5.71 Å². The van der Waals surface area contributed by atoms with E-state index in [0.717, 1.165) is 22.1 Å². The van der Waals surface area contributed by atoms with Crippen molar-refractivity contribution in [3.8, 4) is 0 Å². The Morgan fingerprint density at radius 2 is 2.25 bits per heavy atom. The van der Waals surface area contributed by atoms with Gasteiger partial charge in [-0.2, -0.15) is 5.10 Å². The molecule has 0 saturated heterocycles. The molecule has 0 spiro atoms. The van der Waals surface area contributed by atoms with E-state index in [0.29, 0.717) is 0 Å². The summed E-state index contributed by atoms with van der Waals surface area (Å²) in [7, 11) is 0. The molecule has 4 nitrogen and oxygen atoms in total. The van der Waals surface area contributed by atoms with E-state index < -0.39 is 5.97 Å². The Kier molecular flexibility index (Phi) is 4.49. The van der Waals surface area contributed by atoms with Crippen LogP contribution in [-0.4, -0.2) is 16.8 Å². The molecule has 1 aromatic rings. The van der Waals surface area contributed by atoms with Crippen molar-refractivity contribution < 1.29 is 9.90 Å². The van der Waals surface area contributed by atoms with E-state index in [2.05, 4.69) is 33.4 Å². The number of rotatable bonds is 4. The smallest absolute Gasteiger partial charge is 0.351 e. The van der Waals surface area contributed by atoms with Crippen molar-refractivity contribution in [2.45, 2.75) is 20.3 Å². The predicted molar refractivity (Wildman–Crippen MR) is 67.9 cm³/mol. The summed E-state index contributed by atoms with van der Waals surface area (Å²) in [5, 5.41) is 12.4. The molecule has 0 aliphatic carbocycles. The van der Waals surface area contributed by atoms with E-state index >= 15 is 0 Å². The van der Waals surface area contributed by atoms with Crippen molar-refractivity contribution >= 4 is 33.3 Å². The number of carbonyl (C=O) groups is 1. The van der Waals surface area contributed by atoms with Crippen LogP contribution in [-0.2, 0) is 11.2 Å². The van der Waals surface area contributed by atoms with Crippen molar-refractivity contribution in [2.24, 2.45) is 5.10 Å². The van der Waals surface area contributed by atoms with Gasteiger partial charge in [-0.05, 0) is 37.1 Å². The molecule has 1 rings (SSSR count). The Bertz CT molecular complexity index is 430. The van der Waals surface area contributed by atoms with Crippen LogP contribution in [0.3, 0.4) is 0 Å². The van der Waals surface area contributed by atoms with Crippen molar-refractivity contribution in [1.82, 2.24) is 0 Å². The number of hydrogen-bond acceptors (Lipinski definition) is 3. The maximum atomic E-state index is 10.5. The first kappa shape index (κ1) is 12.7. The van der Waals surface area contributed by atoms with Crippen LogP contribution in [0.2, 0.25) is 0 Å². The summed E-state index contributed by atoms with van der Waals surface area (Å²) < 4.78 is 1.04. The van der Waals surface area contributed by atoms with Gasteiger partial charge in [0.25, 0.3) is 0 Å². The number of carboxylic acids is 1. The van der Waals surface area contributed by atoms with Gasteiger partial charge in [-0.1, -0.05) is 22.9 Å². The average Bonchev–Trinajstić information content (AvgIpc) is 2.27. The van der Waals surface area contributed by atoms with Crippen molar-refractivity contribution in [1.29, 1.82) is 0 Å². The average molecular weight is 285 g/mol. The zero-order valence-electron chi connectivity index (χ0n) is 9.12. The zero-order chi connectivity index (χ0) is 12.1. The molecule has 0 bridgehead atoms. The number of benzene rings is 1. The molecule has 0 saturated carbocycles. The lowest BCUT2D eigenvalue weighted by molar-refractivity contribution is -0.129. The van der Waals surface area contributed by atoms with Crippen LogP contribution in [0, 0.1) is 0 Å². The van der Waals surface area contributed by atoms with E-state index in [1.165, 1.54) is 6.92 Å². The third kappa shape index (κ3) is 3.34. The number of aryl methyl sites for hydroxylation is 1. The maximum Gasteiger partial charge on any atom is 0.351 e. The first-order chi connectivity index (χ1) is 7.54. The van der Waals surface area contributed by atoms with Gasteiger partial charge in [0.2, 0.25) is 0 Å². The van der Waals surface area contributed by atoms with Crippen LogP contribution in [0.25, 0.3) is 0 Å². The topological polar surface area (TPSA) is 61.7 Å². The second kappa shape index (κ2) is 5.65. The van der Waals surface area contributed by atoms with Crippen LogP contribution < -0.4 is 5.43 Å². The van der Waals surface area contributed by atoms with Gasteiger partial charge in [-0.15, -0.1) is 0 Å². The van der Waals surface area contributed by atoms with Crippen molar-refractivity contribution in [3.63, 3.8) is 0 Å². The molecular formula is C11H13BrN2O2. The quantitative estimate of drug-likeness (QED) is 0.660. The largest absolute Gasteiger partial charge is 0.477 e. The van der Waals surface area contributed by atoms with Gasteiger partial charge in [0, 0.05) is 4.47 Å². The molecule has 5 heteroatoms. The Balaban J connectivity index is 2.83. The Labute approximate surface area is 102 Å². The molecule has 16 heavy (non-hydrogen) atoms. The minimum absolute atomic E-state index is 0.0287. The number of carboxylic acid groups (broad SMARTS) is 1. The number of nitrogens with zero attached hydrogens (tertiary/aromatic N) is 1. The molecule has 0 aliphatic heterocycles. The lowest BCUT2D eigenvalue weighted by Gasteiger charge is -2.05. The first-order valence-electron chi connectivity index (χ1n) is 4.86. The van der Waals surface area contributed by atoms with Gasteiger partial charge >= 0.3 is 5.97 Å². The summed E-state index contributed by atoms with van der Waals surface area (Å²) >= 11 is 3.44. The number of hydrazone groups is 1. The molecule has 1 aromatic carbocycles. The molecule has 0 atom stereocenters. The number of nitrogens with one attached hydrogen (secondary N) is 1. The number of aliphatic carboxylic acids is 1. The van der Waals surface area contributed by atoms with Crippen LogP contribution >= 0.6 is 15.9 Å². The monoisotopic (exact) mass is 284 g/mol. The SMILES string of the molecule is CCc1cc(N/N=C(\C)C(=O)O)ccc1Br. The molecule has 0 fully saturated rings. The molecule has 0 amide bonds. The third-order valence-electron chi connectivity index (χ3n) is 2.09. The number of halogens is 1. The molecule has 2 N–H and O–H groups in total. The number of anilines is 1. The highest BCUT2D eigenvalue weighted by molar-refractivity contribution is 9.10. The van der Waals surface area contributed by atoms with Gasteiger partial charge < -0.3 is 5.11 Å². The second-order valence-electron chi connectivity index (χ2n) is 3.27. The molecule has 0 unspecified atom stereocenters. The molecule has 0 radical (unpaired) electrons. The van der Waals surface area contributed by atoms with Crippen LogP contribution in [0.5, 0.6) is 0 Å². The zero-order valence-corrected chi connectivity index (χ0v) is 10.7. The van der Waals surface area contributed by atoms with Gasteiger partial charge in [0.15, 0.2) is 0 Å². The van der Waals surface area contributed by atoms with Crippen LogP contribution in [0.4, 0.5) is 5.69 Å². The summed E-state index contributed by atoms with van der Waals surface area (Å²) in [4.78, 5) is 10.5.